The standard InChI is InChI=1S/C25H34BrN7O3/c26-18-1-6-23-22(15-18)24(28-19-2-4-21(5-3-19)32-7-11-35-12-8-32)31-25(30-23)29-20-16-27-33(17-20)9-13-36-14-10-34/h1,6,15-17,19,21,34H,2-5,7-14H2,(H2,28,29,30,31)/t19-,21-. The number of hydrogen-bond donors (Lipinski definition) is 3. The molecule has 5 rings (SSSR count). The van der Waals surface area contributed by atoms with Crippen molar-refractivity contribution in [2.45, 2.75) is 44.3 Å². The molecular weight excluding hydrogens is 526 g/mol. The third-order valence-electron chi connectivity index (χ3n) is 6.85. The fourth-order valence-corrected chi connectivity index (χ4v) is 5.35. The zero-order valence-electron chi connectivity index (χ0n) is 20.4. The van der Waals surface area contributed by atoms with E-state index >= 15 is 0 Å². The van der Waals surface area contributed by atoms with Gasteiger partial charge in [0.1, 0.15) is 5.82 Å². The number of anilines is 3. The molecule has 1 saturated carbocycles. The van der Waals surface area contributed by atoms with Crippen molar-refractivity contribution in [3.8, 4) is 0 Å². The molecule has 3 heterocycles. The Labute approximate surface area is 219 Å². The number of halogens is 1. The molecule has 1 aliphatic heterocycles. The molecule has 10 nitrogen and oxygen atoms in total. The average Bonchev–Trinajstić information content (AvgIpc) is 3.35. The minimum atomic E-state index is 0.0213. The van der Waals surface area contributed by atoms with E-state index in [0.717, 1.165) is 66.0 Å². The number of aliphatic hydroxyl groups is 1. The first-order chi connectivity index (χ1) is 17.7. The first-order valence-corrected chi connectivity index (χ1v) is 13.5. The van der Waals surface area contributed by atoms with E-state index in [1.54, 1.807) is 10.9 Å². The maximum Gasteiger partial charge on any atom is 0.229 e. The number of hydrogen-bond acceptors (Lipinski definition) is 9. The van der Waals surface area contributed by atoms with Crippen molar-refractivity contribution >= 4 is 44.3 Å². The van der Waals surface area contributed by atoms with Crippen LogP contribution in [0.15, 0.2) is 35.1 Å². The van der Waals surface area contributed by atoms with Crippen molar-refractivity contribution in [2.75, 3.05) is 56.8 Å². The normalized spacial score (nSPS) is 21.1. The van der Waals surface area contributed by atoms with Crippen molar-refractivity contribution in [3.05, 3.63) is 35.1 Å². The Morgan fingerprint density at radius 1 is 1.11 bits per heavy atom. The van der Waals surface area contributed by atoms with Gasteiger partial charge in [-0.25, -0.2) is 4.98 Å². The monoisotopic (exact) mass is 559 g/mol. The number of ether oxygens (including phenoxy) is 2. The molecule has 2 aliphatic rings. The maximum absolute atomic E-state index is 8.83. The van der Waals surface area contributed by atoms with Gasteiger partial charge in [0.15, 0.2) is 0 Å². The van der Waals surface area contributed by atoms with Gasteiger partial charge in [0, 0.05) is 41.2 Å². The Morgan fingerprint density at radius 3 is 2.75 bits per heavy atom. The van der Waals surface area contributed by atoms with Crippen molar-refractivity contribution in [2.24, 2.45) is 0 Å². The molecule has 2 aromatic heterocycles. The number of fused-ring (bicyclic) bond motifs is 1. The molecule has 1 aromatic carbocycles. The largest absolute Gasteiger partial charge is 0.394 e. The molecular formula is C25H34BrN7O3. The number of benzene rings is 1. The summed E-state index contributed by atoms with van der Waals surface area (Å²) >= 11 is 3.60. The molecule has 0 amide bonds. The Balaban J connectivity index is 1.26. The van der Waals surface area contributed by atoms with Gasteiger partial charge in [-0.2, -0.15) is 10.1 Å². The van der Waals surface area contributed by atoms with Crippen LogP contribution in [0.5, 0.6) is 0 Å². The number of aliphatic hydroxyl groups excluding tert-OH is 1. The quantitative estimate of drug-likeness (QED) is 0.322. The summed E-state index contributed by atoms with van der Waals surface area (Å²) in [5.41, 5.74) is 1.69. The first kappa shape index (κ1) is 25.3. The molecule has 2 fully saturated rings. The Hall–Kier alpha value is -2.31. The maximum atomic E-state index is 8.83. The molecule has 3 aromatic rings. The smallest absolute Gasteiger partial charge is 0.229 e. The Bertz CT molecular complexity index is 1130. The summed E-state index contributed by atoms with van der Waals surface area (Å²) in [5, 5.41) is 21.2. The van der Waals surface area contributed by atoms with Crippen LogP contribution in [-0.4, -0.2) is 88.0 Å². The Kier molecular flexibility index (Phi) is 8.65. The van der Waals surface area contributed by atoms with Gasteiger partial charge in [-0.15, -0.1) is 0 Å². The third-order valence-corrected chi connectivity index (χ3v) is 7.34. The van der Waals surface area contributed by atoms with Gasteiger partial charge in [-0.1, -0.05) is 15.9 Å². The lowest BCUT2D eigenvalue weighted by molar-refractivity contribution is 0.00791. The van der Waals surface area contributed by atoms with Gasteiger partial charge in [-0.05, 0) is 43.9 Å². The SMILES string of the molecule is OCCOCCn1cc(Nc2nc(N[C@H]3CC[C@H](N4CCOCC4)CC3)c3cc(Br)ccc3n2)cn1. The lowest BCUT2D eigenvalue weighted by atomic mass is 9.90. The number of morpholine rings is 1. The highest BCUT2D eigenvalue weighted by Crippen LogP contribution is 2.30. The minimum Gasteiger partial charge on any atom is -0.394 e. The highest BCUT2D eigenvalue weighted by Gasteiger charge is 2.27. The predicted molar refractivity (Wildman–Crippen MR) is 143 cm³/mol. The molecule has 194 valence electrons. The lowest BCUT2D eigenvalue weighted by Gasteiger charge is -2.39. The van der Waals surface area contributed by atoms with Crippen LogP contribution in [0.2, 0.25) is 0 Å². The number of nitrogens with one attached hydrogen (secondary N) is 2. The topological polar surface area (TPSA) is 110 Å². The first-order valence-electron chi connectivity index (χ1n) is 12.7. The van der Waals surface area contributed by atoms with E-state index in [2.05, 4.69) is 42.6 Å². The molecule has 1 aliphatic carbocycles. The molecule has 0 radical (unpaired) electrons. The van der Waals surface area contributed by atoms with Gasteiger partial charge >= 0.3 is 0 Å². The van der Waals surface area contributed by atoms with E-state index in [9.17, 15) is 0 Å². The zero-order valence-corrected chi connectivity index (χ0v) is 22.0. The van der Waals surface area contributed by atoms with Crippen molar-refractivity contribution in [1.29, 1.82) is 0 Å². The van der Waals surface area contributed by atoms with Crippen LogP contribution in [0.3, 0.4) is 0 Å². The van der Waals surface area contributed by atoms with E-state index in [0.29, 0.717) is 37.8 Å². The zero-order chi connectivity index (χ0) is 24.7. The fourth-order valence-electron chi connectivity index (χ4n) is 4.99. The second-order valence-electron chi connectivity index (χ2n) is 9.31. The summed E-state index contributed by atoms with van der Waals surface area (Å²) in [5.74, 6) is 1.38. The van der Waals surface area contributed by atoms with E-state index in [-0.39, 0.29) is 6.61 Å². The molecule has 3 N–H and O–H groups in total. The van der Waals surface area contributed by atoms with Gasteiger partial charge in [-0.3, -0.25) is 9.58 Å². The summed E-state index contributed by atoms with van der Waals surface area (Å²) in [4.78, 5) is 12.2. The van der Waals surface area contributed by atoms with Crippen molar-refractivity contribution < 1.29 is 14.6 Å². The van der Waals surface area contributed by atoms with Crippen LogP contribution >= 0.6 is 15.9 Å². The van der Waals surface area contributed by atoms with E-state index in [4.69, 9.17) is 24.5 Å². The van der Waals surface area contributed by atoms with Gasteiger partial charge in [0.05, 0.1) is 57.0 Å². The minimum absolute atomic E-state index is 0.0213. The number of aromatic nitrogens is 4. The summed E-state index contributed by atoms with van der Waals surface area (Å²) in [6.07, 6.45) is 8.27. The van der Waals surface area contributed by atoms with Crippen LogP contribution in [0.4, 0.5) is 17.5 Å². The van der Waals surface area contributed by atoms with E-state index in [1.165, 1.54) is 12.8 Å². The lowest BCUT2D eigenvalue weighted by Crippen LogP contribution is -2.46. The summed E-state index contributed by atoms with van der Waals surface area (Å²) in [6.45, 7) is 5.26. The summed E-state index contributed by atoms with van der Waals surface area (Å²) in [7, 11) is 0. The third kappa shape index (κ3) is 6.51. The Morgan fingerprint density at radius 2 is 1.94 bits per heavy atom. The highest BCUT2D eigenvalue weighted by molar-refractivity contribution is 9.10. The van der Waals surface area contributed by atoms with Gasteiger partial charge < -0.3 is 25.2 Å². The molecule has 11 heteroatoms. The molecule has 0 atom stereocenters. The number of nitrogens with zero attached hydrogens (tertiary/aromatic N) is 5. The number of rotatable bonds is 10. The van der Waals surface area contributed by atoms with Crippen LogP contribution in [0, 0.1) is 0 Å². The van der Waals surface area contributed by atoms with E-state index < -0.39 is 0 Å². The van der Waals surface area contributed by atoms with Crippen LogP contribution < -0.4 is 10.6 Å². The molecule has 1 saturated heterocycles. The van der Waals surface area contributed by atoms with Gasteiger partial charge in [0.25, 0.3) is 0 Å². The second-order valence-corrected chi connectivity index (χ2v) is 10.2. The van der Waals surface area contributed by atoms with Crippen LogP contribution in [0.1, 0.15) is 25.7 Å². The summed E-state index contributed by atoms with van der Waals surface area (Å²) < 4.78 is 13.6. The fraction of sp³-hybridized carbons (Fsp3) is 0.560. The highest BCUT2D eigenvalue weighted by atomic mass is 79.9. The average molecular weight is 560 g/mol. The predicted octanol–water partition coefficient (Wildman–Crippen LogP) is 3.40. The van der Waals surface area contributed by atoms with Crippen molar-refractivity contribution in [3.63, 3.8) is 0 Å². The molecule has 0 spiro atoms. The van der Waals surface area contributed by atoms with Crippen LogP contribution in [-0.2, 0) is 16.0 Å². The molecule has 36 heavy (non-hydrogen) atoms. The van der Waals surface area contributed by atoms with Gasteiger partial charge in [0.2, 0.25) is 5.95 Å². The van der Waals surface area contributed by atoms with E-state index in [1.807, 2.05) is 18.3 Å². The molecule has 0 unspecified atom stereocenters. The summed E-state index contributed by atoms with van der Waals surface area (Å²) in [6, 6.07) is 7.13. The van der Waals surface area contributed by atoms with Crippen molar-refractivity contribution in [1.82, 2.24) is 24.6 Å². The molecule has 0 bridgehead atoms. The second kappa shape index (κ2) is 12.3. The van der Waals surface area contributed by atoms with Crippen LogP contribution in [0.25, 0.3) is 10.9 Å².